The molecule has 2 atom stereocenters. The van der Waals surface area contributed by atoms with Gasteiger partial charge in [-0.2, -0.15) is 0 Å². The second-order valence-electron chi connectivity index (χ2n) is 7.46. The maximum atomic E-state index is 12.7. The van der Waals surface area contributed by atoms with Gasteiger partial charge in [0.15, 0.2) is 5.65 Å². The minimum Gasteiger partial charge on any atom is -0.396 e. The number of imidazole rings is 1. The van der Waals surface area contributed by atoms with E-state index in [9.17, 15) is 9.90 Å². The Balaban J connectivity index is 1.56. The number of rotatable bonds is 4. The highest BCUT2D eigenvalue weighted by molar-refractivity contribution is 5.96. The summed E-state index contributed by atoms with van der Waals surface area (Å²) in [7, 11) is 0. The van der Waals surface area contributed by atoms with E-state index in [2.05, 4.69) is 23.8 Å². The summed E-state index contributed by atoms with van der Waals surface area (Å²) in [5.41, 5.74) is 2.15. The first-order valence-electron chi connectivity index (χ1n) is 8.23. The number of nitrogens with zero attached hydrogens (tertiary/aromatic N) is 4. The van der Waals surface area contributed by atoms with Crippen LogP contribution in [0.4, 0.5) is 0 Å². The first-order valence-corrected chi connectivity index (χ1v) is 8.23. The van der Waals surface area contributed by atoms with Gasteiger partial charge >= 0.3 is 0 Å². The number of aliphatic hydroxyl groups is 1. The van der Waals surface area contributed by atoms with Crippen LogP contribution >= 0.6 is 0 Å². The van der Waals surface area contributed by atoms with Crippen molar-refractivity contribution in [2.45, 2.75) is 26.8 Å². The van der Waals surface area contributed by atoms with Crippen molar-refractivity contribution in [1.82, 2.24) is 19.4 Å². The Morgan fingerprint density at radius 2 is 2.30 bits per heavy atom. The van der Waals surface area contributed by atoms with Gasteiger partial charge in [-0.1, -0.05) is 13.8 Å². The first kappa shape index (κ1) is 14.6. The number of hydrogen-bond donors (Lipinski definition) is 1. The van der Waals surface area contributed by atoms with Crippen LogP contribution in [0.5, 0.6) is 0 Å². The Morgan fingerprint density at radius 1 is 1.48 bits per heavy atom. The molecule has 0 aromatic carbocycles. The van der Waals surface area contributed by atoms with Gasteiger partial charge in [0.25, 0.3) is 5.91 Å². The van der Waals surface area contributed by atoms with Crippen LogP contribution in [0.3, 0.4) is 0 Å². The van der Waals surface area contributed by atoms with Crippen molar-refractivity contribution >= 4 is 17.1 Å². The van der Waals surface area contributed by atoms with E-state index in [0.717, 1.165) is 30.7 Å². The number of likely N-dealkylation sites (tertiary alicyclic amines) is 1. The van der Waals surface area contributed by atoms with E-state index in [1.54, 1.807) is 12.5 Å². The largest absolute Gasteiger partial charge is 0.396 e. The number of pyridine rings is 1. The van der Waals surface area contributed by atoms with E-state index in [0.29, 0.717) is 23.9 Å². The smallest absolute Gasteiger partial charge is 0.255 e. The molecule has 1 amide bonds. The molecule has 0 bridgehead atoms. The number of carbonyl (C=O) groups excluding carboxylic acids is 1. The predicted octanol–water partition coefficient (Wildman–Crippen LogP) is 1.54. The van der Waals surface area contributed by atoms with E-state index in [1.807, 2.05) is 15.5 Å². The van der Waals surface area contributed by atoms with Crippen LogP contribution in [0.25, 0.3) is 11.2 Å². The van der Waals surface area contributed by atoms with Crippen LogP contribution in [0.15, 0.2) is 18.6 Å². The third kappa shape index (κ3) is 2.32. The highest BCUT2D eigenvalue weighted by Crippen LogP contribution is 2.57. The average molecular weight is 314 g/mol. The maximum absolute atomic E-state index is 12.7. The third-order valence-electron chi connectivity index (χ3n) is 5.17. The zero-order valence-corrected chi connectivity index (χ0v) is 13.6. The van der Waals surface area contributed by atoms with E-state index in [-0.39, 0.29) is 17.9 Å². The van der Waals surface area contributed by atoms with Gasteiger partial charge in [0.2, 0.25) is 0 Å². The molecule has 2 fully saturated rings. The highest BCUT2D eigenvalue weighted by atomic mass is 16.3. The van der Waals surface area contributed by atoms with Gasteiger partial charge in [0.05, 0.1) is 18.5 Å². The summed E-state index contributed by atoms with van der Waals surface area (Å²) in [6.07, 6.45) is 4.49. The minimum atomic E-state index is -0.0218. The summed E-state index contributed by atoms with van der Waals surface area (Å²) in [5.74, 6) is 0.984. The fourth-order valence-corrected chi connectivity index (χ4v) is 3.77. The van der Waals surface area contributed by atoms with Crippen molar-refractivity contribution in [3.05, 3.63) is 24.2 Å². The summed E-state index contributed by atoms with van der Waals surface area (Å²) in [6, 6.07) is 1.83. The lowest BCUT2D eigenvalue weighted by atomic mass is 10.1. The molecule has 2 aliphatic rings. The van der Waals surface area contributed by atoms with Crippen LogP contribution in [-0.2, 0) is 6.54 Å². The Morgan fingerprint density at radius 3 is 3.00 bits per heavy atom. The zero-order valence-electron chi connectivity index (χ0n) is 13.6. The summed E-state index contributed by atoms with van der Waals surface area (Å²) in [6.45, 7) is 6.76. The number of hydrogen-bond acceptors (Lipinski definition) is 4. The fraction of sp³-hybridized carbons (Fsp3) is 0.588. The second-order valence-corrected chi connectivity index (χ2v) is 7.46. The topological polar surface area (TPSA) is 71.2 Å². The molecule has 2 aromatic heterocycles. The number of aliphatic hydroxyl groups excluding tert-OH is 1. The minimum absolute atomic E-state index is 0.00201. The number of carbonyl (C=O) groups is 1. The van der Waals surface area contributed by atoms with Gasteiger partial charge in [-0.15, -0.1) is 0 Å². The first-order chi connectivity index (χ1) is 11.0. The van der Waals surface area contributed by atoms with Crippen molar-refractivity contribution < 1.29 is 9.90 Å². The van der Waals surface area contributed by atoms with Crippen molar-refractivity contribution in [3.8, 4) is 0 Å². The Hall–Kier alpha value is -1.95. The quantitative estimate of drug-likeness (QED) is 0.929. The van der Waals surface area contributed by atoms with Crippen molar-refractivity contribution in [2.24, 2.45) is 17.3 Å². The maximum Gasteiger partial charge on any atom is 0.255 e. The van der Waals surface area contributed by atoms with Crippen LogP contribution in [-0.4, -0.2) is 50.1 Å². The molecular weight excluding hydrogens is 292 g/mol. The monoisotopic (exact) mass is 314 g/mol. The number of amides is 1. The van der Waals surface area contributed by atoms with Crippen LogP contribution in [0, 0.1) is 17.3 Å². The van der Waals surface area contributed by atoms with Crippen LogP contribution in [0.2, 0.25) is 0 Å². The molecule has 23 heavy (non-hydrogen) atoms. The molecule has 2 aromatic rings. The molecule has 3 heterocycles. The Bertz CT molecular complexity index is 765. The molecule has 1 aliphatic heterocycles. The molecule has 6 nitrogen and oxygen atoms in total. The molecule has 0 radical (unpaired) electrons. The number of aromatic nitrogens is 3. The zero-order chi connectivity index (χ0) is 16.2. The molecule has 1 saturated carbocycles. The van der Waals surface area contributed by atoms with Gasteiger partial charge in [0, 0.05) is 31.2 Å². The molecule has 122 valence electrons. The predicted molar refractivity (Wildman–Crippen MR) is 85.9 cm³/mol. The van der Waals surface area contributed by atoms with E-state index in [1.165, 1.54) is 0 Å². The van der Waals surface area contributed by atoms with Crippen molar-refractivity contribution in [1.29, 1.82) is 0 Å². The van der Waals surface area contributed by atoms with Gasteiger partial charge in [-0.25, -0.2) is 9.97 Å². The molecule has 1 aliphatic carbocycles. The van der Waals surface area contributed by atoms with Crippen molar-refractivity contribution in [2.75, 3.05) is 19.7 Å². The Labute approximate surface area is 135 Å². The van der Waals surface area contributed by atoms with Gasteiger partial charge < -0.3 is 14.6 Å². The molecule has 4 rings (SSSR count). The van der Waals surface area contributed by atoms with E-state index in [4.69, 9.17) is 0 Å². The lowest BCUT2D eigenvalue weighted by Crippen LogP contribution is -2.32. The average Bonchev–Trinajstić information content (AvgIpc) is 2.90. The lowest BCUT2D eigenvalue weighted by molar-refractivity contribution is 0.0751. The third-order valence-corrected chi connectivity index (χ3v) is 5.17. The lowest BCUT2D eigenvalue weighted by Gasteiger charge is -2.20. The van der Waals surface area contributed by atoms with Gasteiger partial charge in [-0.3, -0.25) is 4.79 Å². The number of fused-ring (bicyclic) bond motifs is 2. The molecule has 0 spiro atoms. The molecule has 1 saturated heterocycles. The van der Waals surface area contributed by atoms with Crippen LogP contribution < -0.4 is 0 Å². The van der Waals surface area contributed by atoms with Gasteiger partial charge in [0.1, 0.15) is 5.52 Å². The van der Waals surface area contributed by atoms with E-state index < -0.39 is 0 Å². The van der Waals surface area contributed by atoms with Crippen molar-refractivity contribution in [3.63, 3.8) is 0 Å². The highest BCUT2D eigenvalue weighted by Gasteiger charge is 2.60. The van der Waals surface area contributed by atoms with Crippen LogP contribution in [0.1, 0.15) is 30.6 Å². The van der Waals surface area contributed by atoms with E-state index >= 15 is 0 Å². The summed E-state index contributed by atoms with van der Waals surface area (Å²) < 4.78 is 2.03. The summed E-state index contributed by atoms with van der Waals surface area (Å²) >= 11 is 0. The molecule has 1 N–H and O–H groups in total. The molecule has 6 heteroatoms. The summed E-state index contributed by atoms with van der Waals surface area (Å²) in [5, 5.41) is 9.49. The SMILES string of the molecule is CC(C)Cn1cnc2cc(C(=O)N3C[C@H]4C[C@@]4(CO)C3)cnc21. The summed E-state index contributed by atoms with van der Waals surface area (Å²) in [4.78, 5) is 23.4. The van der Waals surface area contributed by atoms with Gasteiger partial charge in [-0.05, 0) is 24.3 Å². The fourth-order valence-electron chi connectivity index (χ4n) is 3.77. The standard InChI is InChI=1S/C17H22N4O2/c1-11(2)6-21-10-19-14-3-12(5-18-15(14)21)16(23)20-7-13-4-17(13,8-20)9-22/h3,5,10-11,13,22H,4,6-9H2,1-2H3/t13-,17+/m1/s1. The normalized spacial score (nSPS) is 26.1. The molecule has 0 unspecified atom stereocenters. The number of piperidine rings is 1. The Kier molecular flexibility index (Phi) is 3.20. The second kappa shape index (κ2) is 5.03. The molecular formula is C17H22N4O2.